The van der Waals surface area contributed by atoms with Crippen molar-refractivity contribution in [3.05, 3.63) is 28.8 Å². The molecule has 3 N–H and O–H groups in total. The highest BCUT2D eigenvalue weighted by Crippen LogP contribution is 2.24. The molecular formula is C13H17NO4. The van der Waals surface area contributed by atoms with Crippen LogP contribution in [0.5, 0.6) is 5.75 Å². The molecule has 1 amide bonds. The molecular weight excluding hydrogens is 234 g/mol. The Hall–Kier alpha value is -2.04. The Balaban J connectivity index is 3.14. The fourth-order valence-electron chi connectivity index (χ4n) is 1.56. The van der Waals surface area contributed by atoms with Gasteiger partial charge in [-0.25, -0.2) is 4.79 Å². The summed E-state index contributed by atoms with van der Waals surface area (Å²) >= 11 is 0. The van der Waals surface area contributed by atoms with Crippen molar-refractivity contribution in [2.45, 2.75) is 26.7 Å². The topological polar surface area (TPSA) is 89.6 Å². The van der Waals surface area contributed by atoms with Crippen LogP contribution in [0, 0.1) is 6.92 Å². The molecule has 0 radical (unpaired) electrons. The Kier molecular flexibility index (Phi) is 4.71. The normalized spacial score (nSPS) is 10.1. The van der Waals surface area contributed by atoms with Crippen LogP contribution >= 0.6 is 0 Å². The van der Waals surface area contributed by atoms with Gasteiger partial charge in [-0.3, -0.25) is 4.79 Å². The highest BCUT2D eigenvalue weighted by atomic mass is 16.5. The molecule has 0 aromatic heterocycles. The fraction of sp³-hybridized carbons (Fsp3) is 0.385. The number of unbranched alkanes of at least 4 members (excludes halogenated alkanes) is 1. The van der Waals surface area contributed by atoms with Crippen molar-refractivity contribution in [1.82, 2.24) is 0 Å². The van der Waals surface area contributed by atoms with Crippen LogP contribution in [0.25, 0.3) is 0 Å². The molecule has 0 bridgehead atoms. The summed E-state index contributed by atoms with van der Waals surface area (Å²) in [6, 6.07) is 2.81. The smallest absolute Gasteiger partial charge is 0.336 e. The number of rotatable bonds is 6. The van der Waals surface area contributed by atoms with Gasteiger partial charge >= 0.3 is 5.97 Å². The molecule has 0 saturated heterocycles. The summed E-state index contributed by atoms with van der Waals surface area (Å²) in [5.41, 5.74) is 6.07. The van der Waals surface area contributed by atoms with Crippen LogP contribution in [0.2, 0.25) is 0 Å². The third kappa shape index (κ3) is 3.23. The van der Waals surface area contributed by atoms with Gasteiger partial charge in [0.15, 0.2) is 0 Å². The molecule has 0 atom stereocenters. The number of carboxylic acid groups (broad SMARTS) is 1. The number of carbonyl (C=O) groups excluding carboxylic acids is 1. The summed E-state index contributed by atoms with van der Waals surface area (Å²) < 4.78 is 5.42. The van der Waals surface area contributed by atoms with E-state index < -0.39 is 11.9 Å². The minimum Gasteiger partial charge on any atom is -0.493 e. The maximum atomic E-state index is 11.3. The van der Waals surface area contributed by atoms with Crippen molar-refractivity contribution >= 4 is 11.9 Å². The fourth-order valence-corrected chi connectivity index (χ4v) is 1.56. The van der Waals surface area contributed by atoms with E-state index in [1.165, 1.54) is 12.1 Å². The van der Waals surface area contributed by atoms with Crippen molar-refractivity contribution in [3.63, 3.8) is 0 Å². The van der Waals surface area contributed by atoms with E-state index in [0.29, 0.717) is 12.2 Å². The van der Waals surface area contributed by atoms with Crippen LogP contribution in [0.1, 0.15) is 46.0 Å². The standard InChI is InChI=1S/C13H17NO4/c1-3-4-5-18-11-7-9(13(16)17)8(2)6-10(11)12(14)15/h6-7H,3-5H2,1-2H3,(H2,14,15)(H,16,17). The number of amides is 1. The molecule has 0 aliphatic heterocycles. The first-order valence-corrected chi connectivity index (χ1v) is 5.78. The van der Waals surface area contributed by atoms with E-state index in [2.05, 4.69) is 0 Å². The summed E-state index contributed by atoms with van der Waals surface area (Å²) in [5, 5.41) is 9.02. The Morgan fingerprint density at radius 1 is 1.33 bits per heavy atom. The number of hydrogen-bond donors (Lipinski definition) is 2. The summed E-state index contributed by atoms with van der Waals surface area (Å²) in [4.78, 5) is 22.3. The Morgan fingerprint density at radius 3 is 2.50 bits per heavy atom. The zero-order valence-corrected chi connectivity index (χ0v) is 10.5. The molecule has 1 aromatic rings. The molecule has 1 rings (SSSR count). The van der Waals surface area contributed by atoms with Crippen molar-refractivity contribution in [3.8, 4) is 5.75 Å². The second-order valence-corrected chi connectivity index (χ2v) is 4.03. The number of carbonyl (C=O) groups is 2. The summed E-state index contributed by atoms with van der Waals surface area (Å²) in [6.45, 7) is 4.06. The van der Waals surface area contributed by atoms with Crippen LogP contribution in [0.15, 0.2) is 12.1 Å². The van der Waals surface area contributed by atoms with Crippen LogP contribution in [-0.4, -0.2) is 23.6 Å². The van der Waals surface area contributed by atoms with Gasteiger partial charge in [-0.05, 0) is 31.0 Å². The van der Waals surface area contributed by atoms with Crippen molar-refractivity contribution in [1.29, 1.82) is 0 Å². The number of primary amides is 1. The van der Waals surface area contributed by atoms with Gasteiger partial charge in [-0.2, -0.15) is 0 Å². The number of aryl methyl sites for hydroxylation is 1. The first kappa shape index (κ1) is 14.0. The molecule has 0 saturated carbocycles. The van der Waals surface area contributed by atoms with Gasteiger partial charge < -0.3 is 15.6 Å². The zero-order valence-electron chi connectivity index (χ0n) is 10.5. The van der Waals surface area contributed by atoms with E-state index in [1.807, 2.05) is 6.92 Å². The first-order chi connectivity index (χ1) is 8.47. The largest absolute Gasteiger partial charge is 0.493 e. The van der Waals surface area contributed by atoms with E-state index in [1.54, 1.807) is 6.92 Å². The molecule has 0 fully saturated rings. The highest BCUT2D eigenvalue weighted by molar-refractivity contribution is 5.98. The third-order valence-electron chi connectivity index (χ3n) is 2.58. The quantitative estimate of drug-likeness (QED) is 0.756. The maximum Gasteiger partial charge on any atom is 0.336 e. The number of nitrogens with two attached hydrogens (primary N) is 1. The lowest BCUT2D eigenvalue weighted by atomic mass is 10.0. The third-order valence-corrected chi connectivity index (χ3v) is 2.58. The molecule has 1 aromatic carbocycles. The minimum atomic E-state index is -1.05. The van der Waals surface area contributed by atoms with Gasteiger partial charge in [-0.1, -0.05) is 13.3 Å². The summed E-state index contributed by atoms with van der Waals surface area (Å²) in [5.74, 6) is -1.44. The van der Waals surface area contributed by atoms with Crippen LogP contribution in [-0.2, 0) is 0 Å². The van der Waals surface area contributed by atoms with E-state index in [9.17, 15) is 9.59 Å². The molecule has 5 nitrogen and oxygen atoms in total. The number of hydrogen-bond acceptors (Lipinski definition) is 3. The Morgan fingerprint density at radius 2 is 2.00 bits per heavy atom. The first-order valence-electron chi connectivity index (χ1n) is 5.78. The van der Waals surface area contributed by atoms with E-state index in [0.717, 1.165) is 12.8 Å². The van der Waals surface area contributed by atoms with E-state index >= 15 is 0 Å². The predicted octanol–water partition coefficient (Wildman–Crippen LogP) is 1.97. The molecule has 18 heavy (non-hydrogen) atoms. The Labute approximate surface area is 106 Å². The van der Waals surface area contributed by atoms with Gasteiger partial charge in [0.25, 0.3) is 5.91 Å². The van der Waals surface area contributed by atoms with Gasteiger partial charge in [0.1, 0.15) is 5.75 Å². The van der Waals surface area contributed by atoms with E-state index in [-0.39, 0.29) is 16.9 Å². The SMILES string of the molecule is CCCCOc1cc(C(=O)O)c(C)cc1C(N)=O. The molecule has 0 aliphatic rings. The predicted molar refractivity (Wildman–Crippen MR) is 67.1 cm³/mol. The van der Waals surface area contributed by atoms with Gasteiger partial charge in [0.05, 0.1) is 17.7 Å². The van der Waals surface area contributed by atoms with Crippen LogP contribution < -0.4 is 10.5 Å². The van der Waals surface area contributed by atoms with E-state index in [4.69, 9.17) is 15.6 Å². The highest BCUT2D eigenvalue weighted by Gasteiger charge is 2.16. The van der Waals surface area contributed by atoms with Crippen molar-refractivity contribution in [2.24, 2.45) is 5.73 Å². The summed E-state index contributed by atoms with van der Waals surface area (Å²) in [6.07, 6.45) is 1.78. The minimum absolute atomic E-state index is 0.117. The van der Waals surface area contributed by atoms with Crippen molar-refractivity contribution in [2.75, 3.05) is 6.61 Å². The lowest BCUT2D eigenvalue weighted by molar-refractivity contribution is 0.0695. The van der Waals surface area contributed by atoms with Gasteiger partial charge in [-0.15, -0.1) is 0 Å². The summed E-state index contributed by atoms with van der Waals surface area (Å²) in [7, 11) is 0. The molecule has 0 heterocycles. The average molecular weight is 251 g/mol. The maximum absolute atomic E-state index is 11.3. The zero-order chi connectivity index (χ0) is 13.7. The second-order valence-electron chi connectivity index (χ2n) is 4.03. The number of carboxylic acids is 1. The van der Waals surface area contributed by atoms with Crippen LogP contribution in [0.3, 0.4) is 0 Å². The van der Waals surface area contributed by atoms with Crippen molar-refractivity contribution < 1.29 is 19.4 Å². The lowest BCUT2D eigenvalue weighted by Crippen LogP contribution is -2.15. The van der Waals surface area contributed by atoms with Gasteiger partial charge in [0, 0.05) is 0 Å². The number of ether oxygens (including phenoxy) is 1. The molecule has 98 valence electrons. The molecule has 0 spiro atoms. The molecule has 5 heteroatoms. The second kappa shape index (κ2) is 6.05. The lowest BCUT2D eigenvalue weighted by Gasteiger charge is -2.12. The number of benzene rings is 1. The van der Waals surface area contributed by atoms with Crippen LogP contribution in [0.4, 0.5) is 0 Å². The monoisotopic (exact) mass is 251 g/mol. The molecule has 0 unspecified atom stereocenters. The average Bonchev–Trinajstić information content (AvgIpc) is 2.30. The number of aromatic carboxylic acids is 1. The van der Waals surface area contributed by atoms with Gasteiger partial charge in [0.2, 0.25) is 0 Å². The Bertz CT molecular complexity index is 468. The molecule has 0 aliphatic carbocycles.